The lowest BCUT2D eigenvalue weighted by atomic mass is 9.72. The van der Waals surface area contributed by atoms with E-state index in [1.165, 1.54) is 0 Å². The van der Waals surface area contributed by atoms with Crippen LogP contribution >= 0.6 is 0 Å². The second-order valence-electron chi connectivity index (χ2n) is 7.66. The fraction of sp³-hybridized carbons (Fsp3) is 0.409. The first-order chi connectivity index (χ1) is 13.2. The van der Waals surface area contributed by atoms with Gasteiger partial charge in [-0.3, -0.25) is 4.79 Å². The van der Waals surface area contributed by atoms with Crippen molar-refractivity contribution in [3.8, 4) is 0 Å². The number of rotatable bonds is 6. The summed E-state index contributed by atoms with van der Waals surface area (Å²) in [6.07, 6.45) is 14.5. The zero-order valence-electron chi connectivity index (χ0n) is 17.3. The Morgan fingerprint density at radius 1 is 1.25 bits per heavy atom. The largest absolute Gasteiger partial charge is 0.377 e. The van der Waals surface area contributed by atoms with Crippen molar-refractivity contribution in [2.24, 2.45) is 5.41 Å². The van der Waals surface area contributed by atoms with Crippen molar-refractivity contribution in [1.29, 1.82) is 0 Å². The maximum atomic E-state index is 12.2. The lowest BCUT2D eigenvalue weighted by Crippen LogP contribution is -2.28. The Balaban J connectivity index is 2.15. The number of allylic oxidation sites excluding steroid dienone is 8. The van der Waals surface area contributed by atoms with Gasteiger partial charge >= 0.3 is 5.69 Å². The summed E-state index contributed by atoms with van der Waals surface area (Å²) in [4.78, 5) is 26.9. The van der Waals surface area contributed by atoms with Crippen molar-refractivity contribution in [2.75, 3.05) is 7.05 Å². The van der Waals surface area contributed by atoms with E-state index < -0.39 is 5.69 Å². The molecule has 1 aromatic rings. The maximum Gasteiger partial charge on any atom is 0.377 e. The Kier molecular flexibility index (Phi) is 7.15. The molecule has 28 heavy (non-hydrogen) atoms. The number of hydrogen-bond donors (Lipinski definition) is 2. The highest BCUT2D eigenvalue weighted by Gasteiger charge is 2.30. The van der Waals surface area contributed by atoms with Gasteiger partial charge in [-0.25, -0.2) is 4.79 Å². The summed E-state index contributed by atoms with van der Waals surface area (Å²) in [5, 5.41) is 4.92. The summed E-state index contributed by atoms with van der Waals surface area (Å²) in [7, 11) is 1.68. The third-order valence-corrected chi connectivity index (χ3v) is 4.82. The van der Waals surface area contributed by atoms with Crippen molar-refractivity contribution in [1.82, 2.24) is 15.5 Å². The van der Waals surface area contributed by atoms with Crippen LogP contribution in [-0.4, -0.2) is 23.1 Å². The van der Waals surface area contributed by atoms with Crippen LogP contribution in [0.2, 0.25) is 0 Å². The van der Waals surface area contributed by atoms with E-state index in [9.17, 15) is 9.59 Å². The molecule has 0 spiro atoms. The molecule has 2 rings (SSSR count). The Bertz CT molecular complexity index is 921. The summed E-state index contributed by atoms with van der Waals surface area (Å²) < 4.78 is 4.90. The van der Waals surface area contributed by atoms with Gasteiger partial charge < -0.3 is 9.84 Å². The van der Waals surface area contributed by atoms with Gasteiger partial charge in [0.25, 0.3) is 5.89 Å². The van der Waals surface area contributed by atoms with E-state index in [1.807, 2.05) is 38.2 Å². The molecule has 0 unspecified atom stereocenters. The number of aromatic nitrogens is 2. The smallest absolute Gasteiger partial charge is 0.357 e. The van der Waals surface area contributed by atoms with E-state index in [4.69, 9.17) is 4.52 Å². The van der Waals surface area contributed by atoms with Crippen LogP contribution in [-0.2, 0) is 4.79 Å². The Hall–Kier alpha value is -2.89. The number of carbonyl (C=O) groups is 1. The van der Waals surface area contributed by atoms with Gasteiger partial charge in [-0.2, -0.15) is 10.1 Å². The molecule has 1 aromatic heterocycles. The number of nitrogens with one attached hydrogen (secondary N) is 2. The van der Waals surface area contributed by atoms with Crippen LogP contribution in [0.3, 0.4) is 0 Å². The molecule has 0 aromatic carbocycles. The van der Waals surface area contributed by atoms with Gasteiger partial charge in [-0.05, 0) is 49.7 Å². The molecule has 0 radical (unpaired) electrons. The van der Waals surface area contributed by atoms with E-state index in [-0.39, 0.29) is 17.2 Å². The van der Waals surface area contributed by atoms with Crippen LogP contribution in [0.25, 0.3) is 6.08 Å². The number of likely N-dealkylation sites (N-methyl/N-ethyl adjacent to an activating group) is 1. The molecule has 0 aliphatic heterocycles. The molecule has 0 saturated heterocycles. The lowest BCUT2D eigenvalue weighted by Gasteiger charge is -2.33. The van der Waals surface area contributed by atoms with Crippen LogP contribution in [0, 0.1) is 5.41 Å². The predicted octanol–water partition coefficient (Wildman–Crippen LogP) is 4.08. The van der Waals surface area contributed by atoms with Crippen LogP contribution < -0.4 is 11.0 Å². The number of aromatic amines is 1. The predicted molar refractivity (Wildman–Crippen MR) is 112 cm³/mol. The average molecular weight is 383 g/mol. The molecule has 1 amide bonds. The normalized spacial score (nSPS) is 18.3. The molecule has 6 heteroatoms. The van der Waals surface area contributed by atoms with E-state index >= 15 is 0 Å². The fourth-order valence-electron chi connectivity index (χ4n) is 3.27. The molecular formula is C22H29N3O3. The van der Waals surface area contributed by atoms with Crippen molar-refractivity contribution < 1.29 is 9.32 Å². The van der Waals surface area contributed by atoms with Crippen LogP contribution in [0.15, 0.2) is 62.0 Å². The summed E-state index contributed by atoms with van der Waals surface area (Å²) in [5.74, 6) is 0.265. The molecule has 1 aliphatic carbocycles. The maximum absolute atomic E-state index is 12.2. The van der Waals surface area contributed by atoms with Crippen molar-refractivity contribution >= 4 is 12.0 Å². The van der Waals surface area contributed by atoms with Gasteiger partial charge in [0.2, 0.25) is 5.91 Å². The topological polar surface area (TPSA) is 88.0 Å². The van der Waals surface area contributed by atoms with Gasteiger partial charge in [0, 0.05) is 18.7 Å². The molecule has 1 heterocycles. The lowest BCUT2D eigenvalue weighted by molar-refractivity contribution is -0.117. The SMILES string of the molecule is CNC(=O)C1=C(/C=C/C(C)=C/C=C/C(C)=C/c2nc(=O)[nH]o2)C(C)(C)CCC1. The van der Waals surface area contributed by atoms with E-state index in [0.29, 0.717) is 0 Å². The minimum atomic E-state index is -0.500. The monoisotopic (exact) mass is 383 g/mol. The summed E-state index contributed by atoms with van der Waals surface area (Å²) in [6, 6.07) is 0. The van der Waals surface area contributed by atoms with Crippen LogP contribution in [0.4, 0.5) is 0 Å². The van der Waals surface area contributed by atoms with Crippen molar-refractivity contribution in [3.63, 3.8) is 0 Å². The third-order valence-electron chi connectivity index (χ3n) is 4.82. The molecule has 2 N–H and O–H groups in total. The second-order valence-corrected chi connectivity index (χ2v) is 7.66. The standard InChI is InChI=1S/C22H29N3O3/c1-15(8-6-9-16(2)14-19-24-21(27)25-28-19)11-12-18-17(20(26)23-5)10-7-13-22(18,3)4/h6,8-9,11-12,14H,7,10,13H2,1-5H3,(H,23,26)(H,25,27)/b9-6+,12-11+,15-8+,16-14+. The second kappa shape index (κ2) is 9.35. The summed E-state index contributed by atoms with van der Waals surface area (Å²) in [6.45, 7) is 8.29. The van der Waals surface area contributed by atoms with E-state index in [1.54, 1.807) is 13.1 Å². The number of amides is 1. The Morgan fingerprint density at radius 3 is 2.64 bits per heavy atom. The molecule has 150 valence electrons. The van der Waals surface area contributed by atoms with Gasteiger partial charge in [0.1, 0.15) is 0 Å². The van der Waals surface area contributed by atoms with E-state index in [0.717, 1.165) is 41.6 Å². The zero-order chi connectivity index (χ0) is 20.7. The minimum Gasteiger partial charge on any atom is -0.357 e. The molecule has 1 aliphatic rings. The van der Waals surface area contributed by atoms with Crippen molar-refractivity contribution in [3.05, 3.63) is 69.0 Å². The molecular weight excluding hydrogens is 354 g/mol. The molecule has 0 saturated carbocycles. The highest BCUT2D eigenvalue weighted by Crippen LogP contribution is 2.41. The Morgan fingerprint density at radius 2 is 2.00 bits per heavy atom. The van der Waals surface area contributed by atoms with Gasteiger partial charge in [-0.1, -0.05) is 49.8 Å². The average Bonchev–Trinajstić information content (AvgIpc) is 3.03. The molecule has 0 fully saturated rings. The first-order valence-electron chi connectivity index (χ1n) is 9.45. The summed E-state index contributed by atoms with van der Waals surface area (Å²) in [5.41, 5.74) is 3.46. The van der Waals surface area contributed by atoms with Gasteiger partial charge in [-0.15, -0.1) is 0 Å². The van der Waals surface area contributed by atoms with Crippen molar-refractivity contribution in [2.45, 2.75) is 47.0 Å². The zero-order valence-corrected chi connectivity index (χ0v) is 17.3. The number of hydrogen-bond acceptors (Lipinski definition) is 4. The van der Waals surface area contributed by atoms with E-state index in [2.05, 4.69) is 35.4 Å². The summed E-state index contributed by atoms with van der Waals surface area (Å²) >= 11 is 0. The van der Waals surface area contributed by atoms with Crippen LogP contribution in [0.1, 0.15) is 52.8 Å². The molecule has 0 bridgehead atoms. The quantitative estimate of drug-likeness (QED) is 0.725. The highest BCUT2D eigenvalue weighted by molar-refractivity contribution is 5.94. The van der Waals surface area contributed by atoms with Crippen LogP contribution in [0.5, 0.6) is 0 Å². The molecule has 0 atom stereocenters. The van der Waals surface area contributed by atoms with Gasteiger partial charge in [0.15, 0.2) is 0 Å². The first-order valence-corrected chi connectivity index (χ1v) is 9.45. The minimum absolute atomic E-state index is 0.0136. The number of nitrogens with zero attached hydrogens (tertiary/aromatic N) is 1. The van der Waals surface area contributed by atoms with Gasteiger partial charge in [0.05, 0.1) is 0 Å². The number of H-pyrrole nitrogens is 1. The molecule has 6 nitrogen and oxygen atoms in total. The fourth-order valence-corrected chi connectivity index (χ4v) is 3.27. The Labute approximate surface area is 165 Å². The first kappa shape index (κ1) is 21.4. The highest BCUT2D eigenvalue weighted by atomic mass is 16.5. The third kappa shape index (κ3) is 5.81. The number of carbonyl (C=O) groups excluding carboxylic acids is 1.